The van der Waals surface area contributed by atoms with Crippen LogP contribution in [0.4, 0.5) is 0 Å². The van der Waals surface area contributed by atoms with E-state index in [4.69, 9.17) is 14.2 Å². The van der Waals surface area contributed by atoms with Crippen molar-refractivity contribution in [3.8, 4) is 0 Å². The molecule has 0 heterocycles. The van der Waals surface area contributed by atoms with Gasteiger partial charge in [-0.25, -0.2) is 0 Å². The number of carbonyl (C=O) groups is 3. The Kier molecular flexibility index (Phi) is 58.2. The molecule has 0 rings (SSSR count). The van der Waals surface area contributed by atoms with Crippen molar-refractivity contribution >= 4 is 17.9 Å². The van der Waals surface area contributed by atoms with Gasteiger partial charge < -0.3 is 14.2 Å². The van der Waals surface area contributed by atoms with Gasteiger partial charge in [-0.3, -0.25) is 14.4 Å². The minimum atomic E-state index is -0.786. The number of hydrogen-bond donors (Lipinski definition) is 0. The molecular weight excluding hydrogens is 889 g/mol. The lowest BCUT2D eigenvalue weighted by Crippen LogP contribution is -2.30. The first-order chi connectivity index (χ1) is 35.5. The number of allylic oxidation sites excluding steroid dienone is 10. The standard InChI is InChI=1S/C66H118O6/c1-4-7-10-13-16-19-22-25-28-31-33-35-38-41-44-47-50-53-56-59-65(68)71-62-63(61-70-64(67)58-55-52-49-46-43-40-37-30-27-24-21-18-15-12-9-6-3)72-66(69)60-57-54-51-48-45-42-39-36-34-32-29-26-23-20-17-14-11-8-5-2/h16,19,25,28,30,32-35,37,63H,4-15,17-18,20-24,26-27,29,31,36,38-62H2,1-3H3/b19-16-,28-25-,34-32-,35-33-,37-30-/t63-/m1/s1. The molecule has 0 saturated heterocycles. The van der Waals surface area contributed by atoms with Crippen molar-refractivity contribution in [3.63, 3.8) is 0 Å². The Morgan fingerprint density at radius 1 is 0.278 bits per heavy atom. The minimum absolute atomic E-state index is 0.0832. The maximum atomic E-state index is 12.9. The highest BCUT2D eigenvalue weighted by atomic mass is 16.6. The summed E-state index contributed by atoms with van der Waals surface area (Å²) < 4.78 is 16.9. The smallest absolute Gasteiger partial charge is 0.306 e. The fourth-order valence-corrected chi connectivity index (χ4v) is 8.97. The predicted molar refractivity (Wildman–Crippen MR) is 312 cm³/mol. The van der Waals surface area contributed by atoms with Crippen LogP contribution in [0.15, 0.2) is 60.8 Å². The van der Waals surface area contributed by atoms with E-state index in [1.165, 1.54) is 199 Å². The minimum Gasteiger partial charge on any atom is -0.462 e. The molecule has 0 spiro atoms. The van der Waals surface area contributed by atoms with Crippen molar-refractivity contribution in [2.75, 3.05) is 13.2 Å². The SMILES string of the molecule is CCCCC/C=C\C/C=C\C/C=C\CCCCCCCCC(=O)OC[C@@H](COC(=O)CCCCCCC/C=C\CCCCCCCCC)OC(=O)CCCCCCCCC/C=C\CCCCCCCCCC. The molecule has 6 nitrogen and oxygen atoms in total. The highest BCUT2D eigenvalue weighted by molar-refractivity contribution is 5.71. The lowest BCUT2D eigenvalue weighted by atomic mass is 10.1. The second-order valence-electron chi connectivity index (χ2n) is 21.0. The van der Waals surface area contributed by atoms with Gasteiger partial charge >= 0.3 is 17.9 Å². The van der Waals surface area contributed by atoms with Crippen LogP contribution in [0.1, 0.15) is 323 Å². The molecule has 0 N–H and O–H groups in total. The fourth-order valence-electron chi connectivity index (χ4n) is 8.97. The molecule has 0 aliphatic carbocycles. The van der Waals surface area contributed by atoms with Crippen LogP contribution in [-0.4, -0.2) is 37.2 Å². The van der Waals surface area contributed by atoms with Crippen molar-refractivity contribution in [2.45, 2.75) is 329 Å². The second kappa shape index (κ2) is 60.7. The average Bonchev–Trinajstić information content (AvgIpc) is 3.38. The molecule has 1 atom stereocenters. The molecule has 0 aromatic carbocycles. The number of carbonyl (C=O) groups excluding carboxylic acids is 3. The highest BCUT2D eigenvalue weighted by Crippen LogP contribution is 2.16. The zero-order valence-corrected chi connectivity index (χ0v) is 47.9. The molecule has 0 fully saturated rings. The van der Waals surface area contributed by atoms with Crippen molar-refractivity contribution < 1.29 is 28.6 Å². The number of rotatable bonds is 57. The van der Waals surface area contributed by atoms with E-state index < -0.39 is 6.10 Å². The summed E-state index contributed by atoms with van der Waals surface area (Å²) >= 11 is 0. The Morgan fingerprint density at radius 3 is 0.819 bits per heavy atom. The molecule has 72 heavy (non-hydrogen) atoms. The summed E-state index contributed by atoms with van der Waals surface area (Å²) in [5, 5.41) is 0. The highest BCUT2D eigenvalue weighted by Gasteiger charge is 2.19. The third kappa shape index (κ3) is 58.0. The monoisotopic (exact) mass is 1010 g/mol. The fraction of sp³-hybridized carbons (Fsp3) is 0.803. The van der Waals surface area contributed by atoms with E-state index in [0.717, 1.165) is 83.5 Å². The normalized spacial score (nSPS) is 12.4. The summed E-state index contributed by atoms with van der Waals surface area (Å²) in [6.45, 7) is 6.63. The summed E-state index contributed by atoms with van der Waals surface area (Å²) in [4.78, 5) is 38.3. The quantitative estimate of drug-likeness (QED) is 0.0261. The van der Waals surface area contributed by atoms with Crippen LogP contribution in [0.2, 0.25) is 0 Å². The van der Waals surface area contributed by atoms with Crippen LogP contribution in [-0.2, 0) is 28.6 Å². The van der Waals surface area contributed by atoms with Gasteiger partial charge in [0.2, 0.25) is 0 Å². The molecule has 0 aliphatic heterocycles. The van der Waals surface area contributed by atoms with Crippen LogP contribution >= 0.6 is 0 Å². The number of esters is 3. The van der Waals surface area contributed by atoms with Crippen molar-refractivity contribution in [3.05, 3.63) is 60.8 Å². The lowest BCUT2D eigenvalue weighted by Gasteiger charge is -2.18. The third-order valence-corrected chi connectivity index (χ3v) is 13.7. The van der Waals surface area contributed by atoms with Crippen LogP contribution in [0.5, 0.6) is 0 Å². The Balaban J connectivity index is 4.40. The molecule has 0 aromatic heterocycles. The second-order valence-corrected chi connectivity index (χ2v) is 21.0. The molecule has 6 heteroatoms. The van der Waals surface area contributed by atoms with Gasteiger partial charge in [0.1, 0.15) is 13.2 Å². The predicted octanol–water partition coefficient (Wildman–Crippen LogP) is 21.2. The van der Waals surface area contributed by atoms with Crippen molar-refractivity contribution in [2.24, 2.45) is 0 Å². The summed E-state index contributed by atoms with van der Waals surface area (Å²) in [5.41, 5.74) is 0. The van der Waals surface area contributed by atoms with E-state index >= 15 is 0 Å². The zero-order chi connectivity index (χ0) is 52.2. The lowest BCUT2D eigenvalue weighted by molar-refractivity contribution is -0.167. The summed E-state index contributed by atoms with van der Waals surface area (Å²) in [6.07, 6.45) is 76.4. The third-order valence-electron chi connectivity index (χ3n) is 13.7. The number of hydrogen-bond acceptors (Lipinski definition) is 6. The Labute approximate surface area is 447 Å². The zero-order valence-electron chi connectivity index (χ0n) is 47.9. The Bertz CT molecular complexity index is 1290. The van der Waals surface area contributed by atoms with Crippen molar-refractivity contribution in [1.29, 1.82) is 0 Å². The first-order valence-corrected chi connectivity index (χ1v) is 31.3. The van der Waals surface area contributed by atoms with Gasteiger partial charge in [0.15, 0.2) is 6.10 Å². The van der Waals surface area contributed by atoms with Crippen LogP contribution in [0, 0.1) is 0 Å². The van der Waals surface area contributed by atoms with Crippen molar-refractivity contribution in [1.82, 2.24) is 0 Å². The number of unbranched alkanes of at least 4 members (excludes halogenated alkanes) is 36. The Hall–Kier alpha value is -2.89. The molecule has 0 saturated carbocycles. The van der Waals surface area contributed by atoms with E-state index in [1.807, 2.05) is 0 Å². The average molecular weight is 1010 g/mol. The van der Waals surface area contributed by atoms with E-state index in [1.54, 1.807) is 0 Å². The topological polar surface area (TPSA) is 78.9 Å². The van der Waals surface area contributed by atoms with Crippen LogP contribution < -0.4 is 0 Å². The Morgan fingerprint density at radius 2 is 0.500 bits per heavy atom. The molecule has 0 radical (unpaired) electrons. The number of ether oxygens (including phenoxy) is 3. The van der Waals surface area contributed by atoms with E-state index in [-0.39, 0.29) is 31.1 Å². The van der Waals surface area contributed by atoms with Gasteiger partial charge in [0, 0.05) is 19.3 Å². The first-order valence-electron chi connectivity index (χ1n) is 31.3. The summed E-state index contributed by atoms with van der Waals surface area (Å²) in [7, 11) is 0. The molecular formula is C66H118O6. The van der Waals surface area contributed by atoms with Gasteiger partial charge in [-0.05, 0) is 109 Å². The molecule has 0 aliphatic rings. The summed E-state index contributed by atoms with van der Waals surface area (Å²) in [6, 6.07) is 0. The van der Waals surface area contributed by atoms with Gasteiger partial charge in [0.05, 0.1) is 0 Å². The summed E-state index contributed by atoms with van der Waals surface area (Å²) in [5.74, 6) is -0.893. The first kappa shape index (κ1) is 69.1. The molecule has 0 bridgehead atoms. The largest absolute Gasteiger partial charge is 0.462 e. The molecule has 418 valence electrons. The van der Waals surface area contributed by atoms with Crippen LogP contribution in [0.25, 0.3) is 0 Å². The molecule has 0 amide bonds. The maximum absolute atomic E-state index is 12.9. The maximum Gasteiger partial charge on any atom is 0.306 e. The van der Waals surface area contributed by atoms with Gasteiger partial charge in [-0.1, -0.05) is 255 Å². The van der Waals surface area contributed by atoms with Gasteiger partial charge in [0.25, 0.3) is 0 Å². The van der Waals surface area contributed by atoms with Gasteiger partial charge in [-0.2, -0.15) is 0 Å². The van der Waals surface area contributed by atoms with Crippen LogP contribution in [0.3, 0.4) is 0 Å². The van der Waals surface area contributed by atoms with E-state index in [2.05, 4.69) is 81.5 Å². The molecule has 0 unspecified atom stereocenters. The van der Waals surface area contributed by atoms with Gasteiger partial charge in [-0.15, -0.1) is 0 Å². The van der Waals surface area contributed by atoms with E-state index in [9.17, 15) is 14.4 Å². The van der Waals surface area contributed by atoms with E-state index in [0.29, 0.717) is 19.3 Å². The molecule has 0 aromatic rings.